The van der Waals surface area contributed by atoms with Crippen LogP contribution in [-0.2, 0) is 0 Å². The number of aromatic hydroxyl groups is 2. The van der Waals surface area contributed by atoms with Crippen molar-refractivity contribution in [2.24, 2.45) is 0 Å². The van der Waals surface area contributed by atoms with Crippen LogP contribution < -0.4 is 0 Å². The lowest BCUT2D eigenvalue weighted by atomic mass is 10.1. The van der Waals surface area contributed by atoms with Crippen molar-refractivity contribution >= 4 is 5.91 Å². The number of phenolic OH excluding ortho intramolecular Hbond substituents is 2. The van der Waals surface area contributed by atoms with E-state index in [-0.39, 0.29) is 29.6 Å². The summed E-state index contributed by atoms with van der Waals surface area (Å²) in [6.45, 7) is 0.707. The first-order valence-electron chi connectivity index (χ1n) is 5.94. The second-order valence-corrected chi connectivity index (χ2v) is 4.21. The maximum atomic E-state index is 12.0. The van der Waals surface area contributed by atoms with Gasteiger partial charge in [0, 0.05) is 20.2 Å². The van der Waals surface area contributed by atoms with Crippen LogP contribution in [0.15, 0.2) is 18.2 Å². The Morgan fingerprint density at radius 1 is 1.22 bits per heavy atom. The lowest BCUT2D eigenvalue weighted by Gasteiger charge is -2.17. The van der Waals surface area contributed by atoms with E-state index in [1.54, 1.807) is 7.05 Å². The SMILES string of the molecule is CN(CCCCCO)C(=O)c1cc(O)ccc1O. The average Bonchev–Trinajstić information content (AvgIpc) is 2.36. The molecule has 1 aromatic rings. The van der Waals surface area contributed by atoms with E-state index in [0.29, 0.717) is 6.54 Å². The summed E-state index contributed by atoms with van der Waals surface area (Å²) in [5.41, 5.74) is 0.0969. The van der Waals surface area contributed by atoms with Gasteiger partial charge in [-0.15, -0.1) is 0 Å². The number of aliphatic hydroxyl groups is 1. The monoisotopic (exact) mass is 253 g/mol. The molecular weight excluding hydrogens is 234 g/mol. The third kappa shape index (κ3) is 3.92. The van der Waals surface area contributed by atoms with Crippen molar-refractivity contribution in [3.8, 4) is 11.5 Å². The molecule has 100 valence electrons. The zero-order valence-corrected chi connectivity index (χ0v) is 10.5. The number of carbonyl (C=O) groups is 1. The van der Waals surface area contributed by atoms with Crippen molar-refractivity contribution in [2.75, 3.05) is 20.2 Å². The molecule has 0 spiro atoms. The van der Waals surface area contributed by atoms with Crippen LogP contribution in [0.2, 0.25) is 0 Å². The number of benzene rings is 1. The van der Waals surface area contributed by atoms with Crippen LogP contribution in [0, 0.1) is 0 Å². The molecule has 0 aliphatic carbocycles. The summed E-state index contributed by atoms with van der Waals surface area (Å²) in [5, 5.41) is 27.5. The van der Waals surface area contributed by atoms with E-state index in [1.165, 1.54) is 23.1 Å². The van der Waals surface area contributed by atoms with E-state index >= 15 is 0 Å². The third-order valence-corrected chi connectivity index (χ3v) is 2.71. The normalized spacial score (nSPS) is 10.3. The maximum Gasteiger partial charge on any atom is 0.257 e. The molecule has 0 saturated heterocycles. The molecule has 1 aromatic carbocycles. The fourth-order valence-corrected chi connectivity index (χ4v) is 1.64. The van der Waals surface area contributed by atoms with Crippen LogP contribution in [0.5, 0.6) is 11.5 Å². The topological polar surface area (TPSA) is 81.0 Å². The highest BCUT2D eigenvalue weighted by Gasteiger charge is 2.15. The highest BCUT2D eigenvalue weighted by atomic mass is 16.3. The number of unbranched alkanes of at least 4 members (excludes halogenated alkanes) is 2. The van der Waals surface area contributed by atoms with Crippen molar-refractivity contribution in [1.29, 1.82) is 0 Å². The second kappa shape index (κ2) is 6.86. The van der Waals surface area contributed by atoms with Crippen LogP contribution in [0.1, 0.15) is 29.6 Å². The van der Waals surface area contributed by atoms with E-state index in [1.807, 2.05) is 0 Å². The largest absolute Gasteiger partial charge is 0.508 e. The zero-order valence-electron chi connectivity index (χ0n) is 10.5. The summed E-state index contributed by atoms with van der Waals surface area (Å²) in [6.07, 6.45) is 2.36. The molecule has 0 aromatic heterocycles. The molecule has 1 rings (SSSR count). The predicted octanol–water partition coefficient (Wildman–Crippen LogP) is 1.33. The Bertz CT molecular complexity index is 406. The first-order chi connectivity index (χ1) is 8.56. The summed E-state index contributed by atoms with van der Waals surface area (Å²) in [7, 11) is 1.64. The number of nitrogens with zero attached hydrogens (tertiary/aromatic N) is 1. The van der Waals surface area contributed by atoms with Crippen LogP contribution in [0.3, 0.4) is 0 Å². The highest BCUT2D eigenvalue weighted by molar-refractivity contribution is 5.97. The minimum absolute atomic E-state index is 0.0511. The number of phenols is 2. The Kier molecular flexibility index (Phi) is 5.45. The van der Waals surface area contributed by atoms with Crippen molar-refractivity contribution in [3.63, 3.8) is 0 Å². The molecule has 0 bridgehead atoms. The van der Waals surface area contributed by atoms with Gasteiger partial charge in [-0.3, -0.25) is 4.79 Å². The van der Waals surface area contributed by atoms with E-state index in [0.717, 1.165) is 19.3 Å². The van der Waals surface area contributed by atoms with Crippen LogP contribution in [0.4, 0.5) is 0 Å². The molecule has 0 aliphatic heterocycles. The number of amides is 1. The van der Waals surface area contributed by atoms with Crippen molar-refractivity contribution < 1.29 is 20.1 Å². The summed E-state index contributed by atoms with van der Waals surface area (Å²) in [4.78, 5) is 13.5. The van der Waals surface area contributed by atoms with Crippen molar-refractivity contribution in [3.05, 3.63) is 23.8 Å². The molecular formula is C13H19NO4. The van der Waals surface area contributed by atoms with E-state index in [2.05, 4.69) is 0 Å². The van der Waals surface area contributed by atoms with Gasteiger partial charge in [0.25, 0.3) is 5.91 Å². The van der Waals surface area contributed by atoms with Crippen LogP contribution in [-0.4, -0.2) is 46.3 Å². The van der Waals surface area contributed by atoms with Gasteiger partial charge in [-0.25, -0.2) is 0 Å². The number of aliphatic hydroxyl groups excluding tert-OH is 1. The molecule has 0 fully saturated rings. The molecule has 18 heavy (non-hydrogen) atoms. The summed E-state index contributed by atoms with van der Waals surface area (Å²) < 4.78 is 0. The average molecular weight is 253 g/mol. The van der Waals surface area contributed by atoms with Crippen LogP contribution in [0.25, 0.3) is 0 Å². The number of hydrogen-bond acceptors (Lipinski definition) is 4. The molecule has 0 radical (unpaired) electrons. The number of carbonyl (C=O) groups excluding carboxylic acids is 1. The standard InChI is InChI=1S/C13H19NO4/c1-14(7-3-2-4-8-15)13(18)11-9-10(16)5-6-12(11)17/h5-6,9,15-17H,2-4,7-8H2,1H3. The molecule has 1 amide bonds. The molecule has 5 heteroatoms. The molecule has 0 aliphatic rings. The quantitative estimate of drug-likeness (QED) is 0.528. The van der Waals surface area contributed by atoms with Gasteiger partial charge in [0.15, 0.2) is 0 Å². The third-order valence-electron chi connectivity index (χ3n) is 2.71. The van der Waals surface area contributed by atoms with Gasteiger partial charge >= 0.3 is 0 Å². The fraction of sp³-hybridized carbons (Fsp3) is 0.462. The molecule has 0 atom stereocenters. The number of rotatable bonds is 6. The Labute approximate surface area is 106 Å². The number of hydrogen-bond donors (Lipinski definition) is 3. The fourth-order valence-electron chi connectivity index (χ4n) is 1.64. The molecule has 3 N–H and O–H groups in total. The minimum Gasteiger partial charge on any atom is -0.508 e. The Morgan fingerprint density at radius 2 is 1.94 bits per heavy atom. The molecule has 0 heterocycles. The lowest BCUT2D eigenvalue weighted by molar-refractivity contribution is 0.0788. The highest BCUT2D eigenvalue weighted by Crippen LogP contribution is 2.23. The van der Waals surface area contributed by atoms with Gasteiger partial charge in [-0.2, -0.15) is 0 Å². The summed E-state index contributed by atoms with van der Waals surface area (Å²) >= 11 is 0. The first-order valence-corrected chi connectivity index (χ1v) is 5.94. The molecule has 0 unspecified atom stereocenters. The Hall–Kier alpha value is -1.75. The van der Waals surface area contributed by atoms with Gasteiger partial charge in [-0.1, -0.05) is 0 Å². The van der Waals surface area contributed by atoms with Crippen molar-refractivity contribution in [1.82, 2.24) is 4.90 Å². The summed E-state index contributed by atoms with van der Waals surface area (Å²) in [5.74, 6) is -0.516. The zero-order chi connectivity index (χ0) is 13.5. The maximum absolute atomic E-state index is 12.0. The molecule has 0 saturated carbocycles. The van der Waals surface area contributed by atoms with E-state index in [4.69, 9.17) is 5.11 Å². The minimum atomic E-state index is -0.326. The van der Waals surface area contributed by atoms with Crippen molar-refractivity contribution in [2.45, 2.75) is 19.3 Å². The first kappa shape index (κ1) is 14.3. The van der Waals surface area contributed by atoms with Gasteiger partial charge in [-0.05, 0) is 37.5 Å². The van der Waals surface area contributed by atoms with E-state index < -0.39 is 0 Å². The predicted molar refractivity (Wildman–Crippen MR) is 67.7 cm³/mol. The van der Waals surface area contributed by atoms with Gasteiger partial charge in [0.05, 0.1) is 5.56 Å². The lowest BCUT2D eigenvalue weighted by Crippen LogP contribution is -2.27. The Balaban J connectivity index is 2.60. The van der Waals surface area contributed by atoms with Crippen LogP contribution >= 0.6 is 0 Å². The van der Waals surface area contributed by atoms with E-state index in [9.17, 15) is 15.0 Å². The smallest absolute Gasteiger partial charge is 0.257 e. The van der Waals surface area contributed by atoms with Gasteiger partial charge in [0.1, 0.15) is 11.5 Å². The molecule has 5 nitrogen and oxygen atoms in total. The Morgan fingerprint density at radius 3 is 2.61 bits per heavy atom. The van der Waals surface area contributed by atoms with Gasteiger partial charge in [0.2, 0.25) is 0 Å². The van der Waals surface area contributed by atoms with Gasteiger partial charge < -0.3 is 20.2 Å². The second-order valence-electron chi connectivity index (χ2n) is 4.21. The summed E-state index contributed by atoms with van der Waals surface area (Å²) in [6, 6.07) is 3.87.